The van der Waals surface area contributed by atoms with E-state index in [1.165, 1.54) is 49.1 Å². The van der Waals surface area contributed by atoms with Crippen molar-refractivity contribution in [3.8, 4) is 0 Å². The molecule has 2 aliphatic carbocycles. The normalized spacial score (nSPS) is 15.2. The largest absolute Gasteiger partial charge is 0.462 e. The SMILES string of the molecule is CCOC(=O)c1cnc(CC2(c3cc(F)cc(F)c3)CCC2)nc1.CCOC(=O)c1cnc(Cl)nc1.NC1(c2cc(F)cc(F)c2)CCC1. The van der Waals surface area contributed by atoms with Crippen LogP contribution in [-0.2, 0) is 26.8 Å². The van der Waals surface area contributed by atoms with Gasteiger partial charge in [0.05, 0.1) is 24.3 Å². The zero-order chi connectivity index (χ0) is 35.6. The Morgan fingerprint density at radius 2 is 1.10 bits per heavy atom. The average molecular weight is 702 g/mol. The number of nitrogens with zero attached hydrogens (tertiary/aromatic N) is 4. The molecule has 0 unspecified atom stereocenters. The van der Waals surface area contributed by atoms with Gasteiger partial charge in [-0.05, 0) is 92.9 Å². The fourth-order valence-corrected chi connectivity index (χ4v) is 5.52. The van der Waals surface area contributed by atoms with E-state index < -0.39 is 40.7 Å². The molecule has 6 rings (SSSR count). The molecule has 2 saturated carbocycles. The summed E-state index contributed by atoms with van der Waals surface area (Å²) in [4.78, 5) is 38.3. The van der Waals surface area contributed by atoms with Crippen molar-refractivity contribution in [1.82, 2.24) is 19.9 Å². The second-order valence-corrected chi connectivity index (χ2v) is 12.0. The number of esters is 2. The monoisotopic (exact) mass is 701 g/mol. The van der Waals surface area contributed by atoms with E-state index in [9.17, 15) is 27.2 Å². The molecule has 0 aliphatic heterocycles. The molecule has 9 nitrogen and oxygen atoms in total. The van der Waals surface area contributed by atoms with Gasteiger partial charge >= 0.3 is 11.9 Å². The molecule has 0 spiro atoms. The van der Waals surface area contributed by atoms with E-state index in [-0.39, 0.29) is 17.3 Å². The molecular weight excluding hydrogens is 666 g/mol. The molecular formula is C35H36ClF4N5O4. The predicted octanol–water partition coefficient (Wildman–Crippen LogP) is 7.21. The van der Waals surface area contributed by atoms with E-state index in [0.29, 0.717) is 41.1 Å². The predicted molar refractivity (Wildman–Crippen MR) is 173 cm³/mol. The van der Waals surface area contributed by atoms with Crippen LogP contribution in [0.3, 0.4) is 0 Å². The zero-order valence-corrected chi connectivity index (χ0v) is 27.8. The van der Waals surface area contributed by atoms with Crippen molar-refractivity contribution in [3.05, 3.63) is 118 Å². The molecule has 0 amide bonds. The Morgan fingerprint density at radius 3 is 1.47 bits per heavy atom. The summed E-state index contributed by atoms with van der Waals surface area (Å²) in [5.41, 5.74) is 6.93. The molecule has 2 aromatic heterocycles. The van der Waals surface area contributed by atoms with Crippen molar-refractivity contribution in [1.29, 1.82) is 0 Å². The van der Waals surface area contributed by atoms with Crippen LogP contribution in [-0.4, -0.2) is 45.1 Å². The first-order chi connectivity index (χ1) is 23.4. The molecule has 14 heteroatoms. The molecule has 2 N–H and O–H groups in total. The lowest BCUT2D eigenvalue weighted by molar-refractivity contribution is 0.0515. The maximum absolute atomic E-state index is 13.5. The fraction of sp³-hybridized carbons (Fsp3) is 0.371. The van der Waals surface area contributed by atoms with Gasteiger partial charge in [-0.2, -0.15) is 0 Å². The molecule has 0 saturated heterocycles. The molecule has 4 aromatic rings. The van der Waals surface area contributed by atoms with Crippen LogP contribution >= 0.6 is 11.6 Å². The Hall–Kier alpha value is -4.49. The minimum absolute atomic E-state index is 0.114. The highest BCUT2D eigenvalue weighted by atomic mass is 35.5. The smallest absolute Gasteiger partial charge is 0.341 e. The number of rotatable bonds is 8. The standard InChI is InChI=1S/C18H18F2N2O2.C10H11F2N.C7H7ClN2O2/c1-2-24-17(23)12-10-21-16(22-11-12)9-18(4-3-5-18)13-6-14(19)8-15(20)7-13;11-8-4-7(5-9(12)6-8)10(13)2-1-3-10;1-2-12-6(11)5-3-9-7(8)10-4-5/h6-8,10-11H,2-5,9H2,1H3;4-6H,1-3,13H2;3-4H,2H2,1H3. The van der Waals surface area contributed by atoms with Crippen LogP contribution in [0, 0.1) is 23.3 Å². The van der Waals surface area contributed by atoms with E-state index in [4.69, 9.17) is 26.8 Å². The van der Waals surface area contributed by atoms with Gasteiger partial charge in [0, 0.05) is 54.3 Å². The summed E-state index contributed by atoms with van der Waals surface area (Å²) < 4.78 is 62.3. The topological polar surface area (TPSA) is 130 Å². The maximum Gasteiger partial charge on any atom is 0.341 e. The van der Waals surface area contributed by atoms with Crippen molar-refractivity contribution in [2.45, 2.75) is 69.7 Å². The number of hydrogen-bond acceptors (Lipinski definition) is 9. The lowest BCUT2D eigenvalue weighted by Gasteiger charge is -2.42. The average Bonchev–Trinajstić information content (AvgIpc) is 3.02. The van der Waals surface area contributed by atoms with Crippen LogP contribution in [0.2, 0.25) is 5.28 Å². The summed E-state index contributed by atoms with van der Waals surface area (Å²) in [7, 11) is 0. The first-order valence-electron chi connectivity index (χ1n) is 15.7. The number of nitrogens with two attached hydrogens (primary N) is 1. The van der Waals surface area contributed by atoms with E-state index in [1.54, 1.807) is 13.8 Å². The number of aromatic nitrogens is 4. The first-order valence-corrected chi connectivity index (χ1v) is 16.1. The van der Waals surface area contributed by atoms with Crippen molar-refractivity contribution in [2.24, 2.45) is 5.73 Å². The molecule has 0 radical (unpaired) electrons. The quantitative estimate of drug-likeness (QED) is 0.115. The summed E-state index contributed by atoms with van der Waals surface area (Å²) >= 11 is 5.42. The second-order valence-electron chi connectivity index (χ2n) is 11.7. The minimum atomic E-state index is -0.574. The fourth-order valence-electron chi connectivity index (χ4n) is 5.42. The third kappa shape index (κ3) is 10.0. The first kappa shape index (κ1) is 37.3. The van der Waals surface area contributed by atoms with Gasteiger partial charge in [0.1, 0.15) is 29.1 Å². The van der Waals surface area contributed by atoms with Crippen molar-refractivity contribution in [2.75, 3.05) is 13.2 Å². The third-order valence-electron chi connectivity index (χ3n) is 8.31. The van der Waals surface area contributed by atoms with E-state index >= 15 is 0 Å². The Balaban J connectivity index is 0.000000182. The molecule has 2 fully saturated rings. The highest BCUT2D eigenvalue weighted by Crippen LogP contribution is 2.46. The zero-order valence-electron chi connectivity index (χ0n) is 27.0. The van der Waals surface area contributed by atoms with Gasteiger partial charge in [-0.25, -0.2) is 47.1 Å². The second kappa shape index (κ2) is 16.8. The molecule has 0 bridgehead atoms. The molecule has 260 valence electrons. The van der Waals surface area contributed by atoms with Gasteiger partial charge in [0.2, 0.25) is 5.28 Å². The maximum atomic E-state index is 13.5. The molecule has 49 heavy (non-hydrogen) atoms. The Kier molecular flexibility index (Phi) is 12.8. The summed E-state index contributed by atoms with van der Waals surface area (Å²) in [6.45, 7) is 4.08. The van der Waals surface area contributed by atoms with Crippen molar-refractivity contribution < 1.29 is 36.6 Å². The molecule has 0 atom stereocenters. The number of carbonyl (C=O) groups excluding carboxylic acids is 2. The highest BCUT2D eigenvalue weighted by molar-refractivity contribution is 6.28. The molecule has 2 aromatic carbocycles. The summed E-state index contributed by atoms with van der Waals surface area (Å²) in [6, 6.07) is 7.15. The van der Waals surface area contributed by atoms with E-state index in [0.717, 1.165) is 50.7 Å². The number of benzene rings is 2. The van der Waals surface area contributed by atoms with Gasteiger partial charge in [-0.3, -0.25) is 0 Å². The molecule has 2 heterocycles. The van der Waals surface area contributed by atoms with Crippen LogP contribution in [0.1, 0.15) is 90.0 Å². The summed E-state index contributed by atoms with van der Waals surface area (Å²) in [5.74, 6) is -2.60. The number of halogens is 5. The van der Waals surface area contributed by atoms with Gasteiger partial charge in [-0.1, -0.05) is 6.42 Å². The van der Waals surface area contributed by atoms with Gasteiger partial charge < -0.3 is 15.2 Å². The Morgan fingerprint density at radius 1 is 0.694 bits per heavy atom. The molecule has 2 aliphatic rings. The number of hydrogen-bond donors (Lipinski definition) is 1. The van der Waals surface area contributed by atoms with Gasteiger partial charge in [-0.15, -0.1) is 0 Å². The van der Waals surface area contributed by atoms with E-state index in [2.05, 4.69) is 19.9 Å². The Bertz CT molecular complexity index is 1700. The summed E-state index contributed by atoms with van der Waals surface area (Å²) in [5, 5.41) is 0.114. The Labute approximate surface area is 286 Å². The van der Waals surface area contributed by atoms with Crippen molar-refractivity contribution in [3.63, 3.8) is 0 Å². The highest BCUT2D eigenvalue weighted by Gasteiger charge is 2.40. The summed E-state index contributed by atoms with van der Waals surface area (Å²) in [6.07, 6.45) is 11.3. The van der Waals surface area contributed by atoms with Crippen LogP contribution in [0.5, 0.6) is 0 Å². The third-order valence-corrected chi connectivity index (χ3v) is 8.51. The van der Waals surface area contributed by atoms with E-state index in [1.807, 2.05) is 0 Å². The lowest BCUT2D eigenvalue weighted by Crippen LogP contribution is -2.43. The van der Waals surface area contributed by atoms with Gasteiger partial charge in [0.25, 0.3) is 0 Å². The van der Waals surface area contributed by atoms with Crippen LogP contribution in [0.25, 0.3) is 0 Å². The minimum Gasteiger partial charge on any atom is -0.462 e. The lowest BCUT2D eigenvalue weighted by atomic mass is 9.62. The number of carbonyl (C=O) groups is 2. The van der Waals surface area contributed by atoms with Crippen LogP contribution in [0.4, 0.5) is 17.6 Å². The van der Waals surface area contributed by atoms with Crippen LogP contribution < -0.4 is 5.73 Å². The number of ether oxygens (including phenoxy) is 2. The van der Waals surface area contributed by atoms with Crippen LogP contribution in [0.15, 0.2) is 61.2 Å². The van der Waals surface area contributed by atoms with Gasteiger partial charge in [0.15, 0.2) is 0 Å². The van der Waals surface area contributed by atoms with Crippen molar-refractivity contribution >= 4 is 23.5 Å².